The molecule has 1 aliphatic rings. The molecule has 1 aliphatic heterocycles. The van der Waals surface area contributed by atoms with Gasteiger partial charge in [0.05, 0.1) is 6.42 Å². The SMILES string of the molecule is Cc1ccc(C(=O)N2CCCC2CC(=O)O)c(C)c1. The Morgan fingerprint density at radius 1 is 1.37 bits per heavy atom. The van der Waals surface area contributed by atoms with Crippen molar-refractivity contribution in [2.24, 2.45) is 0 Å². The van der Waals surface area contributed by atoms with Gasteiger partial charge in [-0.1, -0.05) is 17.7 Å². The Kier molecular flexibility index (Phi) is 3.88. The summed E-state index contributed by atoms with van der Waals surface area (Å²) < 4.78 is 0. The fourth-order valence-electron chi connectivity index (χ4n) is 2.73. The van der Waals surface area contributed by atoms with Gasteiger partial charge in [-0.05, 0) is 38.3 Å². The fourth-order valence-corrected chi connectivity index (χ4v) is 2.73. The molecular weight excluding hydrogens is 242 g/mol. The number of hydrogen-bond acceptors (Lipinski definition) is 2. The van der Waals surface area contributed by atoms with Crippen LogP contribution in [0.25, 0.3) is 0 Å². The number of hydrogen-bond donors (Lipinski definition) is 1. The third kappa shape index (κ3) is 2.95. The number of carbonyl (C=O) groups excluding carboxylic acids is 1. The van der Waals surface area contributed by atoms with Gasteiger partial charge < -0.3 is 10.0 Å². The van der Waals surface area contributed by atoms with Crippen LogP contribution in [0.5, 0.6) is 0 Å². The Bertz CT molecular complexity index is 510. The van der Waals surface area contributed by atoms with Crippen molar-refractivity contribution in [3.63, 3.8) is 0 Å². The van der Waals surface area contributed by atoms with Gasteiger partial charge in [-0.25, -0.2) is 0 Å². The average Bonchev–Trinajstić information content (AvgIpc) is 2.75. The second-order valence-corrected chi connectivity index (χ2v) is 5.21. The maximum atomic E-state index is 12.5. The molecule has 2 rings (SSSR count). The molecule has 0 aliphatic carbocycles. The summed E-state index contributed by atoms with van der Waals surface area (Å²) in [5, 5.41) is 8.90. The first kappa shape index (κ1) is 13.6. The van der Waals surface area contributed by atoms with E-state index in [1.165, 1.54) is 0 Å². The van der Waals surface area contributed by atoms with Crippen molar-refractivity contribution >= 4 is 11.9 Å². The highest BCUT2D eigenvalue weighted by Crippen LogP contribution is 2.24. The van der Waals surface area contributed by atoms with Gasteiger partial charge in [0.25, 0.3) is 5.91 Å². The van der Waals surface area contributed by atoms with Crippen molar-refractivity contribution in [1.82, 2.24) is 4.90 Å². The largest absolute Gasteiger partial charge is 0.481 e. The molecule has 1 atom stereocenters. The number of carboxylic acid groups (broad SMARTS) is 1. The zero-order chi connectivity index (χ0) is 14.0. The van der Waals surface area contributed by atoms with Crippen LogP contribution in [-0.4, -0.2) is 34.5 Å². The van der Waals surface area contributed by atoms with Gasteiger partial charge in [0.2, 0.25) is 0 Å². The molecule has 0 bridgehead atoms. The van der Waals surface area contributed by atoms with Crippen LogP contribution in [0.2, 0.25) is 0 Å². The van der Waals surface area contributed by atoms with E-state index in [0.29, 0.717) is 12.1 Å². The first-order chi connectivity index (χ1) is 8.99. The number of aryl methyl sites for hydroxylation is 2. The molecular formula is C15H19NO3. The average molecular weight is 261 g/mol. The third-order valence-corrected chi connectivity index (χ3v) is 3.66. The van der Waals surface area contributed by atoms with Crippen LogP contribution in [0, 0.1) is 13.8 Å². The minimum atomic E-state index is -0.842. The molecule has 1 saturated heterocycles. The van der Waals surface area contributed by atoms with Crippen molar-refractivity contribution in [3.05, 3.63) is 34.9 Å². The van der Waals surface area contributed by atoms with Crippen LogP contribution in [0.15, 0.2) is 18.2 Å². The predicted octanol–water partition coefficient (Wildman–Crippen LogP) is 2.38. The lowest BCUT2D eigenvalue weighted by Crippen LogP contribution is -2.37. The molecule has 1 N–H and O–H groups in total. The summed E-state index contributed by atoms with van der Waals surface area (Å²) in [6, 6.07) is 5.58. The van der Waals surface area contributed by atoms with Crippen molar-refractivity contribution in [3.8, 4) is 0 Å². The smallest absolute Gasteiger partial charge is 0.305 e. The van der Waals surface area contributed by atoms with Gasteiger partial charge in [-0.15, -0.1) is 0 Å². The summed E-state index contributed by atoms with van der Waals surface area (Å²) in [5.41, 5.74) is 2.76. The van der Waals surface area contributed by atoms with Gasteiger partial charge in [-0.2, -0.15) is 0 Å². The van der Waals surface area contributed by atoms with E-state index in [-0.39, 0.29) is 18.4 Å². The second-order valence-electron chi connectivity index (χ2n) is 5.21. The number of nitrogens with zero attached hydrogens (tertiary/aromatic N) is 1. The molecule has 1 aromatic rings. The van der Waals surface area contributed by atoms with E-state index < -0.39 is 5.97 Å². The first-order valence-corrected chi connectivity index (χ1v) is 6.59. The lowest BCUT2D eigenvalue weighted by atomic mass is 10.0. The van der Waals surface area contributed by atoms with Gasteiger partial charge in [-0.3, -0.25) is 9.59 Å². The number of rotatable bonds is 3. The molecule has 0 saturated carbocycles. The van der Waals surface area contributed by atoms with Crippen LogP contribution in [0.4, 0.5) is 0 Å². The molecule has 1 fully saturated rings. The third-order valence-electron chi connectivity index (χ3n) is 3.66. The van der Waals surface area contributed by atoms with Gasteiger partial charge in [0, 0.05) is 18.2 Å². The lowest BCUT2D eigenvalue weighted by molar-refractivity contribution is -0.137. The second kappa shape index (κ2) is 5.43. The van der Waals surface area contributed by atoms with E-state index in [0.717, 1.165) is 24.0 Å². The summed E-state index contributed by atoms with van der Waals surface area (Å²) in [6.07, 6.45) is 1.70. The van der Waals surface area contributed by atoms with Gasteiger partial charge in [0.1, 0.15) is 0 Å². The van der Waals surface area contributed by atoms with E-state index >= 15 is 0 Å². The Morgan fingerprint density at radius 3 is 2.74 bits per heavy atom. The molecule has 4 heteroatoms. The maximum Gasteiger partial charge on any atom is 0.305 e. The highest BCUT2D eigenvalue weighted by atomic mass is 16.4. The molecule has 1 aromatic carbocycles. The summed E-state index contributed by atoms with van der Waals surface area (Å²) in [5.74, 6) is -0.883. The number of amides is 1. The number of benzene rings is 1. The Labute approximate surface area is 113 Å². The number of carbonyl (C=O) groups is 2. The maximum absolute atomic E-state index is 12.5. The predicted molar refractivity (Wildman–Crippen MR) is 72.2 cm³/mol. The zero-order valence-electron chi connectivity index (χ0n) is 11.3. The van der Waals surface area contributed by atoms with E-state index in [1.807, 2.05) is 32.0 Å². The van der Waals surface area contributed by atoms with Crippen LogP contribution in [0.3, 0.4) is 0 Å². The monoisotopic (exact) mass is 261 g/mol. The molecule has 1 heterocycles. The molecule has 0 aromatic heterocycles. The molecule has 0 radical (unpaired) electrons. The number of likely N-dealkylation sites (tertiary alicyclic amines) is 1. The molecule has 0 spiro atoms. The number of aliphatic carboxylic acids is 1. The van der Waals surface area contributed by atoms with Crippen LogP contribution in [-0.2, 0) is 4.79 Å². The molecule has 1 amide bonds. The minimum Gasteiger partial charge on any atom is -0.481 e. The summed E-state index contributed by atoms with van der Waals surface area (Å²) in [4.78, 5) is 25.1. The van der Waals surface area contributed by atoms with Crippen molar-refractivity contribution < 1.29 is 14.7 Å². The molecule has 1 unspecified atom stereocenters. The van der Waals surface area contributed by atoms with E-state index in [2.05, 4.69) is 0 Å². The van der Waals surface area contributed by atoms with Crippen molar-refractivity contribution in [2.45, 2.75) is 39.2 Å². The Balaban J connectivity index is 2.20. The topological polar surface area (TPSA) is 57.6 Å². The normalized spacial score (nSPS) is 18.6. The highest BCUT2D eigenvalue weighted by Gasteiger charge is 2.31. The minimum absolute atomic E-state index is 0.0383. The quantitative estimate of drug-likeness (QED) is 0.908. The van der Waals surface area contributed by atoms with E-state index in [4.69, 9.17) is 5.11 Å². The number of carboxylic acids is 1. The van der Waals surface area contributed by atoms with E-state index in [9.17, 15) is 9.59 Å². The molecule has 4 nitrogen and oxygen atoms in total. The summed E-state index contributed by atoms with van der Waals surface area (Å²) in [7, 11) is 0. The summed E-state index contributed by atoms with van der Waals surface area (Å²) in [6.45, 7) is 4.57. The zero-order valence-corrected chi connectivity index (χ0v) is 11.3. The van der Waals surface area contributed by atoms with E-state index in [1.54, 1.807) is 4.90 Å². The van der Waals surface area contributed by atoms with Crippen LogP contribution in [0.1, 0.15) is 40.7 Å². The first-order valence-electron chi connectivity index (χ1n) is 6.59. The molecule has 102 valence electrons. The van der Waals surface area contributed by atoms with Crippen LogP contribution < -0.4 is 0 Å². The van der Waals surface area contributed by atoms with Gasteiger partial charge in [0.15, 0.2) is 0 Å². The van der Waals surface area contributed by atoms with Crippen molar-refractivity contribution in [1.29, 1.82) is 0 Å². The van der Waals surface area contributed by atoms with Crippen LogP contribution >= 0.6 is 0 Å². The summed E-state index contributed by atoms with van der Waals surface area (Å²) >= 11 is 0. The fraction of sp³-hybridized carbons (Fsp3) is 0.467. The highest BCUT2D eigenvalue weighted by molar-refractivity contribution is 5.96. The Morgan fingerprint density at radius 2 is 2.11 bits per heavy atom. The van der Waals surface area contributed by atoms with Crippen molar-refractivity contribution in [2.75, 3.05) is 6.54 Å². The van der Waals surface area contributed by atoms with Gasteiger partial charge >= 0.3 is 5.97 Å². The molecule has 19 heavy (non-hydrogen) atoms. The lowest BCUT2D eigenvalue weighted by Gasteiger charge is -2.24. The standard InChI is InChI=1S/C15H19NO3/c1-10-5-6-13(11(2)8-10)15(19)16-7-3-4-12(16)9-14(17)18/h5-6,8,12H,3-4,7,9H2,1-2H3,(H,17,18). The Hall–Kier alpha value is -1.84.